The average molecular weight is 857 g/mol. The maximum atomic E-state index is 15.3. The van der Waals surface area contributed by atoms with E-state index in [1.165, 1.54) is 24.5 Å². The van der Waals surface area contributed by atoms with Gasteiger partial charge in [-0.1, -0.05) is 11.6 Å². The zero-order valence-corrected chi connectivity index (χ0v) is 29.2. The van der Waals surface area contributed by atoms with Crippen molar-refractivity contribution < 1.29 is 51.0 Å². The van der Waals surface area contributed by atoms with E-state index in [0.29, 0.717) is 22.6 Å². The van der Waals surface area contributed by atoms with E-state index >= 15 is 8.78 Å². The molecule has 1 N–H and O–H groups in total. The van der Waals surface area contributed by atoms with E-state index in [2.05, 4.69) is 22.6 Å². The molecule has 262 valence electrons. The molecule has 1 saturated carbocycles. The molecular weight excluding hydrogens is 837 g/mol. The molecule has 3 aromatic carbocycles. The minimum absolute atomic E-state index is 0.00427. The van der Waals surface area contributed by atoms with Crippen LogP contribution >= 0.6 is 45.8 Å². The van der Waals surface area contributed by atoms with Crippen molar-refractivity contribution >= 4 is 80.8 Å². The summed E-state index contributed by atoms with van der Waals surface area (Å²) in [5, 5.41) is 10.2. The van der Waals surface area contributed by atoms with Gasteiger partial charge in [0.1, 0.15) is 17.2 Å². The Bertz CT molecular complexity index is 2190. The number of benzene rings is 3. The third-order valence-corrected chi connectivity index (χ3v) is 12.6. The maximum Gasteiger partial charge on any atom is 0.258 e. The Morgan fingerprint density at radius 3 is 2.14 bits per heavy atom. The summed E-state index contributed by atoms with van der Waals surface area (Å²) in [6, 6.07) is 10.8. The third-order valence-electron chi connectivity index (χ3n) is 10.5. The number of allylic oxidation sites excluding steroid dienone is 3. The molecule has 8 rings (SSSR count). The van der Waals surface area contributed by atoms with Crippen molar-refractivity contribution in [1.82, 2.24) is 0 Å². The second kappa shape index (κ2) is 11.5. The van der Waals surface area contributed by atoms with E-state index in [4.69, 9.17) is 27.9 Å². The van der Waals surface area contributed by atoms with Crippen LogP contribution in [0.25, 0.3) is 0 Å². The highest BCUT2D eigenvalue weighted by Gasteiger charge is 2.77. The van der Waals surface area contributed by atoms with E-state index in [9.17, 15) is 37.5 Å². The SMILES string of the molecule is O=C1C2CC=C3C(CC4(Cl)C(=O)N(c5c(F)c(F)c(F)c(F)c5F)C(=O)C4(Cl)C3C3=COc4ccc(O)cc4C3)C2C(=O)N1c1ccc(I)cc1. The predicted octanol–water partition coefficient (Wildman–Crippen LogP) is 6.81. The molecule has 16 heteroatoms. The van der Waals surface area contributed by atoms with Crippen molar-refractivity contribution in [1.29, 1.82) is 0 Å². The molecule has 0 spiro atoms. The number of fused-ring (bicyclic) bond motifs is 5. The van der Waals surface area contributed by atoms with Gasteiger partial charge in [-0.2, -0.15) is 0 Å². The van der Waals surface area contributed by atoms with Crippen molar-refractivity contribution in [3.05, 3.63) is 104 Å². The smallest absolute Gasteiger partial charge is 0.258 e. The number of rotatable bonds is 3. The summed E-state index contributed by atoms with van der Waals surface area (Å²) in [6.07, 6.45) is 2.15. The van der Waals surface area contributed by atoms with Crippen LogP contribution in [0.4, 0.5) is 33.3 Å². The quantitative estimate of drug-likeness (QED) is 0.0591. The molecule has 3 aromatic rings. The molecule has 8 nitrogen and oxygen atoms in total. The van der Waals surface area contributed by atoms with Gasteiger partial charge in [0, 0.05) is 21.5 Å². The van der Waals surface area contributed by atoms with Crippen molar-refractivity contribution in [2.45, 2.75) is 29.0 Å². The minimum atomic E-state index is -2.67. The zero-order valence-electron chi connectivity index (χ0n) is 25.5. The summed E-state index contributed by atoms with van der Waals surface area (Å²) in [5.74, 6) is -21.0. The van der Waals surface area contributed by atoms with Gasteiger partial charge in [-0.25, -0.2) is 26.9 Å². The number of carbonyl (C=O) groups is 4. The van der Waals surface area contributed by atoms with E-state index in [1.54, 1.807) is 30.3 Å². The standard InChI is InChI=1S/C35H20Cl2F5IN2O6/c36-34-11-20-18(6-7-19-22(20)31(48)44(30(19)47)16-3-1-15(43)2-4-16)23(14-9-13-10-17(46)5-8-21(13)51-12-14)35(34,37)33(50)45(32(34)49)29-27(41)25(39)24(38)26(40)28(29)42/h1-6,8,10,12,19-20,22-23,46H,7,9,11H2. The molecule has 51 heavy (non-hydrogen) atoms. The highest BCUT2D eigenvalue weighted by atomic mass is 127. The lowest BCUT2D eigenvalue weighted by Crippen LogP contribution is -2.61. The van der Waals surface area contributed by atoms with Crippen LogP contribution in [0, 0.1) is 56.3 Å². The molecule has 0 aromatic heterocycles. The fraction of sp³-hybridized carbons (Fsp3) is 0.257. The van der Waals surface area contributed by atoms with Crippen LogP contribution in [0.1, 0.15) is 18.4 Å². The zero-order chi connectivity index (χ0) is 36.5. The number of nitrogens with zero attached hydrogens (tertiary/aromatic N) is 2. The fourth-order valence-corrected chi connectivity index (χ4v) is 9.53. The summed E-state index contributed by atoms with van der Waals surface area (Å²) in [5.41, 5.74) is -0.660. The van der Waals surface area contributed by atoms with Crippen molar-refractivity contribution in [2.75, 3.05) is 9.80 Å². The van der Waals surface area contributed by atoms with Gasteiger partial charge in [0.25, 0.3) is 11.8 Å². The highest BCUT2D eigenvalue weighted by molar-refractivity contribution is 14.1. The van der Waals surface area contributed by atoms with Gasteiger partial charge >= 0.3 is 0 Å². The van der Waals surface area contributed by atoms with E-state index in [-0.39, 0.29) is 29.1 Å². The molecule has 2 aliphatic carbocycles. The van der Waals surface area contributed by atoms with E-state index in [1.807, 2.05) is 0 Å². The Hall–Kier alpha value is -4.02. The van der Waals surface area contributed by atoms with Crippen LogP contribution in [-0.4, -0.2) is 38.5 Å². The molecule has 6 unspecified atom stereocenters. The normalized spacial score (nSPS) is 29.6. The summed E-state index contributed by atoms with van der Waals surface area (Å²) in [7, 11) is 0. The number of phenolic OH excluding ortho intramolecular Hbond substituents is 1. The minimum Gasteiger partial charge on any atom is -0.508 e. The molecule has 6 atom stereocenters. The Morgan fingerprint density at radius 2 is 1.47 bits per heavy atom. The first kappa shape index (κ1) is 34.1. The van der Waals surface area contributed by atoms with Crippen LogP contribution in [0.15, 0.2) is 65.9 Å². The maximum absolute atomic E-state index is 15.3. The first-order valence-corrected chi connectivity index (χ1v) is 17.2. The number of anilines is 2. The summed E-state index contributed by atoms with van der Waals surface area (Å²) in [6.45, 7) is 0. The molecule has 0 bridgehead atoms. The number of hydrogen-bond donors (Lipinski definition) is 1. The van der Waals surface area contributed by atoms with Gasteiger partial charge in [0.15, 0.2) is 33.0 Å². The number of halogens is 8. The van der Waals surface area contributed by atoms with Gasteiger partial charge in [-0.15, -0.1) is 23.2 Å². The lowest BCUT2D eigenvalue weighted by molar-refractivity contribution is -0.125. The summed E-state index contributed by atoms with van der Waals surface area (Å²) in [4.78, 5) is 52.3. The predicted molar refractivity (Wildman–Crippen MR) is 179 cm³/mol. The number of ether oxygens (including phenoxy) is 1. The monoisotopic (exact) mass is 856 g/mol. The average Bonchev–Trinajstić information content (AvgIpc) is 3.44. The van der Waals surface area contributed by atoms with Gasteiger partial charge in [0.2, 0.25) is 17.6 Å². The number of hydrogen-bond acceptors (Lipinski definition) is 6. The number of aromatic hydroxyl groups is 1. The van der Waals surface area contributed by atoms with Crippen LogP contribution in [0.3, 0.4) is 0 Å². The number of alkyl halides is 2. The first-order chi connectivity index (χ1) is 24.1. The number of carbonyl (C=O) groups excluding carboxylic acids is 4. The fourth-order valence-electron chi connectivity index (χ4n) is 8.22. The lowest BCUT2D eigenvalue weighted by Gasteiger charge is -2.51. The van der Waals surface area contributed by atoms with Crippen LogP contribution in [-0.2, 0) is 25.6 Å². The van der Waals surface area contributed by atoms with Crippen LogP contribution < -0.4 is 14.5 Å². The number of imide groups is 2. The van der Waals surface area contributed by atoms with Gasteiger partial charge < -0.3 is 9.84 Å². The number of phenols is 1. The Morgan fingerprint density at radius 1 is 0.824 bits per heavy atom. The topological polar surface area (TPSA) is 104 Å². The van der Waals surface area contributed by atoms with Crippen molar-refractivity contribution in [3.8, 4) is 11.5 Å². The van der Waals surface area contributed by atoms with Gasteiger partial charge in [0.05, 0.1) is 23.8 Å². The third kappa shape index (κ3) is 4.47. The second-order valence-corrected chi connectivity index (χ2v) is 15.4. The molecule has 3 aliphatic heterocycles. The Labute approximate surface area is 308 Å². The second-order valence-electron chi connectivity index (χ2n) is 13.0. The molecule has 2 saturated heterocycles. The van der Waals surface area contributed by atoms with Crippen molar-refractivity contribution in [2.24, 2.45) is 23.7 Å². The van der Waals surface area contributed by atoms with Crippen LogP contribution in [0.2, 0.25) is 0 Å². The van der Waals surface area contributed by atoms with E-state index in [0.717, 1.165) is 8.47 Å². The molecule has 3 fully saturated rings. The largest absolute Gasteiger partial charge is 0.508 e. The summed E-state index contributed by atoms with van der Waals surface area (Å²) >= 11 is 16.4. The van der Waals surface area contributed by atoms with Crippen LogP contribution in [0.5, 0.6) is 11.5 Å². The molecular formula is C35H20Cl2F5IN2O6. The molecule has 3 heterocycles. The van der Waals surface area contributed by atoms with E-state index < -0.39 is 98.2 Å². The van der Waals surface area contributed by atoms with Gasteiger partial charge in [-0.05, 0) is 89.4 Å². The number of amides is 4. The van der Waals surface area contributed by atoms with Gasteiger partial charge in [-0.3, -0.25) is 24.1 Å². The summed E-state index contributed by atoms with van der Waals surface area (Å²) < 4.78 is 80.2. The lowest BCUT2D eigenvalue weighted by atomic mass is 9.56. The van der Waals surface area contributed by atoms with Crippen molar-refractivity contribution in [3.63, 3.8) is 0 Å². The Kier molecular flexibility index (Phi) is 7.68. The molecule has 4 amide bonds. The Balaban J connectivity index is 1.31. The molecule has 5 aliphatic rings. The first-order valence-electron chi connectivity index (χ1n) is 15.4. The highest BCUT2D eigenvalue weighted by Crippen LogP contribution is 2.65. The molecule has 0 radical (unpaired) electrons.